The monoisotopic (exact) mass is 255 g/mol. The van der Waals surface area contributed by atoms with Crippen LogP contribution in [0.5, 0.6) is 0 Å². The second-order valence-electron chi connectivity index (χ2n) is 4.72. The molecule has 3 rings (SSSR count). The maximum absolute atomic E-state index is 5.58. The van der Waals surface area contributed by atoms with Crippen LogP contribution in [0.3, 0.4) is 0 Å². The molecular formula is C15H17N3O. The number of benzene rings is 1. The van der Waals surface area contributed by atoms with Gasteiger partial charge in [0.15, 0.2) is 0 Å². The molecule has 0 aliphatic carbocycles. The average molecular weight is 255 g/mol. The van der Waals surface area contributed by atoms with Gasteiger partial charge in [-0.15, -0.1) is 10.2 Å². The SMILES string of the molecule is CCCCn1c(-c2nnc(C)o2)cc2ccccc21. The average Bonchev–Trinajstić information content (AvgIpc) is 3.00. The molecule has 0 unspecified atom stereocenters. The summed E-state index contributed by atoms with van der Waals surface area (Å²) in [7, 11) is 0. The van der Waals surface area contributed by atoms with Crippen molar-refractivity contribution >= 4 is 10.9 Å². The molecule has 0 radical (unpaired) electrons. The molecule has 0 N–H and O–H groups in total. The maximum atomic E-state index is 5.58. The van der Waals surface area contributed by atoms with Crippen molar-refractivity contribution in [3.63, 3.8) is 0 Å². The van der Waals surface area contributed by atoms with Gasteiger partial charge in [-0.1, -0.05) is 31.5 Å². The van der Waals surface area contributed by atoms with Crippen molar-refractivity contribution in [2.24, 2.45) is 0 Å². The summed E-state index contributed by atoms with van der Waals surface area (Å²) in [5.41, 5.74) is 2.23. The third-order valence-corrected chi connectivity index (χ3v) is 3.29. The molecule has 0 spiro atoms. The van der Waals surface area contributed by atoms with Crippen molar-refractivity contribution in [3.8, 4) is 11.6 Å². The van der Waals surface area contributed by atoms with Gasteiger partial charge in [0.1, 0.15) is 5.69 Å². The van der Waals surface area contributed by atoms with E-state index < -0.39 is 0 Å². The zero-order chi connectivity index (χ0) is 13.2. The van der Waals surface area contributed by atoms with Gasteiger partial charge in [-0.05, 0) is 18.6 Å². The molecule has 4 nitrogen and oxygen atoms in total. The number of para-hydroxylation sites is 1. The lowest BCUT2D eigenvalue weighted by Crippen LogP contribution is -1.99. The first kappa shape index (κ1) is 12.0. The van der Waals surface area contributed by atoms with E-state index in [1.165, 1.54) is 10.9 Å². The third kappa shape index (κ3) is 2.14. The van der Waals surface area contributed by atoms with E-state index in [2.05, 4.69) is 52.0 Å². The Morgan fingerprint density at radius 2 is 2.05 bits per heavy atom. The lowest BCUT2D eigenvalue weighted by molar-refractivity contribution is 0.525. The van der Waals surface area contributed by atoms with Crippen LogP contribution in [0.1, 0.15) is 25.7 Å². The van der Waals surface area contributed by atoms with Crippen LogP contribution in [0.25, 0.3) is 22.5 Å². The highest BCUT2D eigenvalue weighted by atomic mass is 16.4. The molecule has 0 bridgehead atoms. The predicted octanol–water partition coefficient (Wildman–Crippen LogP) is 3.80. The van der Waals surface area contributed by atoms with Crippen molar-refractivity contribution in [2.75, 3.05) is 0 Å². The Morgan fingerprint density at radius 1 is 1.21 bits per heavy atom. The molecule has 0 saturated carbocycles. The van der Waals surface area contributed by atoms with Crippen LogP contribution in [0.4, 0.5) is 0 Å². The minimum absolute atomic E-state index is 0.599. The van der Waals surface area contributed by atoms with E-state index in [-0.39, 0.29) is 0 Å². The fourth-order valence-electron chi connectivity index (χ4n) is 2.34. The van der Waals surface area contributed by atoms with Gasteiger partial charge in [0.2, 0.25) is 5.89 Å². The zero-order valence-electron chi connectivity index (χ0n) is 11.3. The first-order valence-electron chi connectivity index (χ1n) is 6.68. The Kier molecular flexibility index (Phi) is 3.07. The fraction of sp³-hybridized carbons (Fsp3) is 0.333. The van der Waals surface area contributed by atoms with Crippen molar-refractivity contribution in [2.45, 2.75) is 33.2 Å². The van der Waals surface area contributed by atoms with Crippen LogP contribution in [-0.2, 0) is 6.54 Å². The Labute approximate surface area is 112 Å². The van der Waals surface area contributed by atoms with Crippen LogP contribution in [-0.4, -0.2) is 14.8 Å². The molecule has 4 heteroatoms. The van der Waals surface area contributed by atoms with E-state index >= 15 is 0 Å². The summed E-state index contributed by atoms with van der Waals surface area (Å²) in [6.45, 7) is 4.98. The van der Waals surface area contributed by atoms with Crippen LogP contribution >= 0.6 is 0 Å². The quantitative estimate of drug-likeness (QED) is 0.712. The standard InChI is InChI=1S/C15H17N3O/c1-3-4-9-18-13-8-6-5-7-12(13)10-14(18)15-17-16-11(2)19-15/h5-8,10H,3-4,9H2,1-2H3. The molecule has 0 fully saturated rings. The second kappa shape index (κ2) is 4.88. The smallest absolute Gasteiger partial charge is 0.264 e. The van der Waals surface area contributed by atoms with Gasteiger partial charge in [0.05, 0.1) is 0 Å². The summed E-state index contributed by atoms with van der Waals surface area (Å²) in [6.07, 6.45) is 2.30. The summed E-state index contributed by atoms with van der Waals surface area (Å²) in [5.74, 6) is 1.20. The first-order chi connectivity index (χ1) is 9.29. The Balaban J connectivity index is 2.16. The number of aryl methyl sites for hydroxylation is 2. The fourth-order valence-corrected chi connectivity index (χ4v) is 2.34. The molecule has 0 saturated heterocycles. The van der Waals surface area contributed by atoms with Crippen LogP contribution < -0.4 is 0 Å². The van der Waals surface area contributed by atoms with Crippen LogP contribution in [0.15, 0.2) is 34.7 Å². The minimum atomic E-state index is 0.599. The van der Waals surface area contributed by atoms with Crippen LogP contribution in [0.2, 0.25) is 0 Å². The normalized spacial score (nSPS) is 11.3. The van der Waals surface area contributed by atoms with Gasteiger partial charge in [0.25, 0.3) is 5.89 Å². The van der Waals surface area contributed by atoms with Crippen molar-refractivity contribution in [3.05, 3.63) is 36.2 Å². The van der Waals surface area contributed by atoms with E-state index in [1.54, 1.807) is 0 Å². The summed E-state index contributed by atoms with van der Waals surface area (Å²) < 4.78 is 7.85. The van der Waals surface area contributed by atoms with Crippen LogP contribution in [0, 0.1) is 6.92 Å². The Bertz CT molecular complexity index is 696. The summed E-state index contributed by atoms with van der Waals surface area (Å²) in [4.78, 5) is 0. The zero-order valence-corrected chi connectivity index (χ0v) is 11.3. The van der Waals surface area contributed by atoms with E-state index in [4.69, 9.17) is 4.42 Å². The highest BCUT2D eigenvalue weighted by molar-refractivity contribution is 5.85. The predicted molar refractivity (Wildman–Crippen MR) is 74.9 cm³/mol. The van der Waals surface area contributed by atoms with Crippen molar-refractivity contribution in [1.29, 1.82) is 0 Å². The molecule has 2 heterocycles. The van der Waals surface area contributed by atoms with Gasteiger partial charge >= 0.3 is 0 Å². The van der Waals surface area contributed by atoms with Gasteiger partial charge in [-0.25, -0.2) is 0 Å². The molecule has 1 aromatic carbocycles. The molecule has 98 valence electrons. The number of aromatic nitrogens is 3. The number of nitrogens with zero attached hydrogens (tertiary/aromatic N) is 3. The lowest BCUT2D eigenvalue weighted by Gasteiger charge is -2.07. The van der Waals surface area contributed by atoms with Gasteiger partial charge in [-0.3, -0.25) is 0 Å². The van der Waals surface area contributed by atoms with E-state index in [1.807, 2.05) is 6.92 Å². The van der Waals surface area contributed by atoms with Crippen molar-refractivity contribution in [1.82, 2.24) is 14.8 Å². The molecule has 0 aliphatic rings. The Hall–Kier alpha value is -2.10. The number of rotatable bonds is 4. The Morgan fingerprint density at radius 3 is 2.79 bits per heavy atom. The minimum Gasteiger partial charge on any atom is -0.420 e. The largest absolute Gasteiger partial charge is 0.420 e. The van der Waals surface area contributed by atoms with Crippen molar-refractivity contribution < 1.29 is 4.42 Å². The number of unbranched alkanes of at least 4 members (excludes halogenated alkanes) is 1. The summed E-state index contributed by atoms with van der Waals surface area (Å²) in [5, 5.41) is 9.28. The summed E-state index contributed by atoms with van der Waals surface area (Å²) in [6, 6.07) is 10.5. The number of hydrogen-bond acceptors (Lipinski definition) is 3. The highest BCUT2D eigenvalue weighted by Gasteiger charge is 2.14. The number of hydrogen-bond donors (Lipinski definition) is 0. The first-order valence-corrected chi connectivity index (χ1v) is 6.68. The molecule has 0 aliphatic heterocycles. The molecule has 19 heavy (non-hydrogen) atoms. The van der Waals surface area contributed by atoms with Gasteiger partial charge in [0, 0.05) is 24.4 Å². The molecule has 3 aromatic rings. The molecule has 0 amide bonds. The molecule has 2 aromatic heterocycles. The summed E-state index contributed by atoms with van der Waals surface area (Å²) >= 11 is 0. The number of fused-ring (bicyclic) bond motifs is 1. The van der Waals surface area contributed by atoms with Gasteiger partial charge < -0.3 is 8.98 Å². The topological polar surface area (TPSA) is 43.9 Å². The second-order valence-corrected chi connectivity index (χ2v) is 4.72. The van der Waals surface area contributed by atoms with E-state index in [0.29, 0.717) is 11.8 Å². The van der Waals surface area contributed by atoms with E-state index in [9.17, 15) is 0 Å². The third-order valence-electron chi connectivity index (χ3n) is 3.29. The lowest BCUT2D eigenvalue weighted by atomic mass is 10.2. The maximum Gasteiger partial charge on any atom is 0.264 e. The molecule has 0 atom stereocenters. The van der Waals surface area contributed by atoms with E-state index in [0.717, 1.165) is 25.1 Å². The molecular weight excluding hydrogens is 238 g/mol. The van der Waals surface area contributed by atoms with Gasteiger partial charge in [-0.2, -0.15) is 0 Å². The highest BCUT2D eigenvalue weighted by Crippen LogP contribution is 2.27.